The molecule has 0 saturated heterocycles. The fourth-order valence-electron chi connectivity index (χ4n) is 2.35. The number of rotatable bonds is 7. The van der Waals surface area contributed by atoms with Gasteiger partial charge in [0.15, 0.2) is 0 Å². The molecule has 0 aliphatic heterocycles. The molecule has 0 N–H and O–H groups in total. The largest absolute Gasteiger partial charge is 0.0991 e. The molecule has 16 heavy (non-hydrogen) atoms. The van der Waals surface area contributed by atoms with Gasteiger partial charge in [-0.3, -0.25) is 0 Å². The molecule has 0 rings (SSSR count). The van der Waals surface area contributed by atoms with Crippen LogP contribution in [-0.2, 0) is 0 Å². The van der Waals surface area contributed by atoms with Crippen LogP contribution >= 0.6 is 0 Å². The number of hydrogen-bond donors (Lipinski definition) is 0. The second kappa shape index (κ2) is 8.38. The molecule has 0 spiro atoms. The molecule has 0 fully saturated rings. The molecule has 0 aromatic rings. The lowest BCUT2D eigenvalue weighted by molar-refractivity contribution is 0.378. The molecule has 2 atom stereocenters. The Labute approximate surface area is 102 Å². The van der Waals surface area contributed by atoms with Crippen LogP contribution < -0.4 is 0 Å². The zero-order valence-electron chi connectivity index (χ0n) is 11.7. The van der Waals surface area contributed by atoms with Crippen LogP contribution in [-0.4, -0.2) is 0 Å². The van der Waals surface area contributed by atoms with Gasteiger partial charge in [-0.1, -0.05) is 58.6 Å². The molecule has 0 aliphatic rings. The maximum Gasteiger partial charge on any atom is -0.0188 e. The summed E-state index contributed by atoms with van der Waals surface area (Å²) in [7, 11) is 0. The Hall–Kier alpha value is -0.780. The lowest BCUT2D eigenvalue weighted by Gasteiger charge is -2.19. The van der Waals surface area contributed by atoms with Crippen LogP contribution in [0.25, 0.3) is 0 Å². The summed E-state index contributed by atoms with van der Waals surface area (Å²) < 4.78 is 0. The third-order valence-corrected chi connectivity index (χ3v) is 2.87. The summed E-state index contributed by atoms with van der Waals surface area (Å²) in [4.78, 5) is 0. The summed E-state index contributed by atoms with van der Waals surface area (Å²) in [5, 5.41) is 0. The maximum atomic E-state index is 3.78. The second-order valence-electron chi connectivity index (χ2n) is 5.27. The molecule has 0 heteroatoms. The third kappa shape index (κ3) is 6.66. The van der Waals surface area contributed by atoms with E-state index in [1.165, 1.54) is 18.4 Å². The minimum Gasteiger partial charge on any atom is -0.0991 e. The van der Waals surface area contributed by atoms with Crippen molar-refractivity contribution in [1.29, 1.82) is 0 Å². The van der Waals surface area contributed by atoms with Gasteiger partial charge in [-0.25, -0.2) is 0 Å². The van der Waals surface area contributed by atoms with Crippen molar-refractivity contribution in [2.24, 2.45) is 17.8 Å². The standard InChI is InChI=1S/C16H28/c1-7-9-16(10-8-2)15(6)12-14(5)11-13(3)4/h7-10,13-15H,1,11-12H2,2-6H3/b10-8-,16-9+. The van der Waals surface area contributed by atoms with Gasteiger partial charge in [0, 0.05) is 0 Å². The molecule has 2 unspecified atom stereocenters. The van der Waals surface area contributed by atoms with Crippen molar-refractivity contribution in [3.8, 4) is 0 Å². The molecule has 0 radical (unpaired) electrons. The van der Waals surface area contributed by atoms with Gasteiger partial charge in [-0.2, -0.15) is 0 Å². The average Bonchev–Trinajstić information content (AvgIpc) is 2.15. The van der Waals surface area contributed by atoms with Crippen molar-refractivity contribution >= 4 is 0 Å². The van der Waals surface area contributed by atoms with E-state index in [1.54, 1.807) is 0 Å². The summed E-state index contributed by atoms with van der Waals surface area (Å²) in [6.07, 6.45) is 10.9. The normalized spacial score (nSPS) is 16.8. The van der Waals surface area contributed by atoms with Gasteiger partial charge in [0.05, 0.1) is 0 Å². The minimum atomic E-state index is 0.628. The van der Waals surface area contributed by atoms with E-state index in [9.17, 15) is 0 Å². The van der Waals surface area contributed by atoms with Gasteiger partial charge >= 0.3 is 0 Å². The maximum absolute atomic E-state index is 3.78. The van der Waals surface area contributed by atoms with Gasteiger partial charge in [0.25, 0.3) is 0 Å². The monoisotopic (exact) mass is 220 g/mol. The van der Waals surface area contributed by atoms with E-state index >= 15 is 0 Å². The molecular weight excluding hydrogens is 192 g/mol. The van der Waals surface area contributed by atoms with E-state index < -0.39 is 0 Å². The molecule has 92 valence electrons. The van der Waals surface area contributed by atoms with Crippen molar-refractivity contribution in [1.82, 2.24) is 0 Å². The Balaban J connectivity index is 4.35. The summed E-state index contributed by atoms with van der Waals surface area (Å²) in [5.74, 6) is 2.23. The summed E-state index contributed by atoms with van der Waals surface area (Å²) in [6, 6.07) is 0. The number of hydrogen-bond acceptors (Lipinski definition) is 0. The first-order valence-electron chi connectivity index (χ1n) is 6.46. The molecule has 0 heterocycles. The Kier molecular flexibility index (Phi) is 7.97. The predicted molar refractivity (Wildman–Crippen MR) is 75.5 cm³/mol. The van der Waals surface area contributed by atoms with E-state index in [0.717, 1.165) is 11.8 Å². The SMILES string of the molecule is C=C/C=C(\C=C/C)C(C)CC(C)CC(C)C. The fraction of sp³-hybridized carbons (Fsp3) is 0.625. The molecule has 0 amide bonds. The molecule has 0 aliphatic carbocycles. The highest BCUT2D eigenvalue weighted by molar-refractivity contribution is 5.24. The van der Waals surface area contributed by atoms with Crippen LogP contribution in [0.1, 0.15) is 47.5 Å². The Morgan fingerprint density at radius 2 is 1.75 bits per heavy atom. The molecule has 0 aromatic carbocycles. The Morgan fingerprint density at radius 3 is 2.19 bits per heavy atom. The van der Waals surface area contributed by atoms with E-state index in [0.29, 0.717) is 5.92 Å². The van der Waals surface area contributed by atoms with Crippen LogP contribution in [0.4, 0.5) is 0 Å². The quantitative estimate of drug-likeness (QED) is 0.505. The van der Waals surface area contributed by atoms with Gasteiger partial charge in [-0.15, -0.1) is 0 Å². The molecule has 0 nitrogen and oxygen atoms in total. The smallest absolute Gasteiger partial charge is 0.0188 e. The first-order valence-corrected chi connectivity index (χ1v) is 6.46. The zero-order chi connectivity index (χ0) is 12.6. The van der Waals surface area contributed by atoms with Crippen molar-refractivity contribution < 1.29 is 0 Å². The summed E-state index contributed by atoms with van der Waals surface area (Å²) in [6.45, 7) is 15.1. The van der Waals surface area contributed by atoms with Gasteiger partial charge in [0.2, 0.25) is 0 Å². The summed E-state index contributed by atoms with van der Waals surface area (Å²) >= 11 is 0. The van der Waals surface area contributed by atoms with E-state index in [-0.39, 0.29) is 0 Å². The van der Waals surface area contributed by atoms with Crippen LogP contribution in [0.15, 0.2) is 36.5 Å². The topological polar surface area (TPSA) is 0 Å². The molecule has 0 aromatic heterocycles. The minimum absolute atomic E-state index is 0.628. The molecule has 0 saturated carbocycles. The summed E-state index contributed by atoms with van der Waals surface area (Å²) in [5.41, 5.74) is 1.40. The van der Waals surface area contributed by atoms with Crippen LogP contribution in [0.3, 0.4) is 0 Å². The molecular formula is C16H28. The first kappa shape index (κ1) is 15.2. The Morgan fingerprint density at radius 1 is 1.12 bits per heavy atom. The fourth-order valence-corrected chi connectivity index (χ4v) is 2.35. The second-order valence-corrected chi connectivity index (χ2v) is 5.27. The Bertz CT molecular complexity index is 243. The highest BCUT2D eigenvalue weighted by Crippen LogP contribution is 2.24. The highest BCUT2D eigenvalue weighted by atomic mass is 14.2. The lowest BCUT2D eigenvalue weighted by Crippen LogP contribution is -2.07. The lowest BCUT2D eigenvalue weighted by atomic mass is 9.86. The van der Waals surface area contributed by atoms with E-state index in [2.05, 4.69) is 59.4 Å². The third-order valence-electron chi connectivity index (χ3n) is 2.87. The first-order chi connectivity index (χ1) is 7.51. The van der Waals surface area contributed by atoms with E-state index in [1.807, 2.05) is 6.08 Å². The van der Waals surface area contributed by atoms with Crippen molar-refractivity contribution in [2.75, 3.05) is 0 Å². The molecule has 0 bridgehead atoms. The van der Waals surface area contributed by atoms with Gasteiger partial charge in [-0.05, 0) is 43.1 Å². The zero-order valence-corrected chi connectivity index (χ0v) is 11.7. The van der Waals surface area contributed by atoms with E-state index in [4.69, 9.17) is 0 Å². The van der Waals surface area contributed by atoms with Crippen LogP contribution in [0, 0.1) is 17.8 Å². The highest BCUT2D eigenvalue weighted by Gasteiger charge is 2.12. The predicted octanol–water partition coefficient (Wildman–Crippen LogP) is 5.38. The van der Waals surface area contributed by atoms with Gasteiger partial charge < -0.3 is 0 Å². The van der Waals surface area contributed by atoms with Crippen molar-refractivity contribution in [3.05, 3.63) is 36.5 Å². The number of allylic oxidation sites excluding steroid dienone is 5. The van der Waals surface area contributed by atoms with Crippen molar-refractivity contribution in [3.63, 3.8) is 0 Å². The average molecular weight is 220 g/mol. The van der Waals surface area contributed by atoms with Crippen LogP contribution in [0.2, 0.25) is 0 Å². The van der Waals surface area contributed by atoms with Gasteiger partial charge in [0.1, 0.15) is 0 Å². The van der Waals surface area contributed by atoms with Crippen molar-refractivity contribution in [2.45, 2.75) is 47.5 Å². The van der Waals surface area contributed by atoms with Crippen LogP contribution in [0.5, 0.6) is 0 Å².